The Hall–Kier alpha value is -1.92. The highest BCUT2D eigenvalue weighted by Gasteiger charge is 2.36. The molecule has 1 aromatic rings. The minimum atomic E-state index is -0.0717. The molecular formula is C19H27N3O3. The molecule has 2 amide bonds. The van der Waals surface area contributed by atoms with E-state index < -0.39 is 0 Å². The molecule has 0 bridgehead atoms. The van der Waals surface area contributed by atoms with Gasteiger partial charge in [-0.05, 0) is 31.9 Å². The third-order valence-corrected chi connectivity index (χ3v) is 5.06. The lowest BCUT2D eigenvalue weighted by Crippen LogP contribution is -2.48. The number of carbonyl (C=O) groups is 2. The number of nitrogens with zero attached hydrogens (tertiary/aromatic N) is 2. The summed E-state index contributed by atoms with van der Waals surface area (Å²) in [6, 6.07) is 5.85. The Bertz CT molecular complexity index is 641. The van der Waals surface area contributed by atoms with Gasteiger partial charge in [-0.3, -0.25) is 14.5 Å². The number of ether oxygens (including phenoxy) is 1. The van der Waals surface area contributed by atoms with Crippen LogP contribution in [0.25, 0.3) is 0 Å². The van der Waals surface area contributed by atoms with Gasteiger partial charge in [-0.15, -0.1) is 0 Å². The van der Waals surface area contributed by atoms with E-state index in [2.05, 4.69) is 10.2 Å². The first-order chi connectivity index (χ1) is 12.1. The highest BCUT2D eigenvalue weighted by atomic mass is 16.5. The average molecular weight is 345 g/mol. The second kappa shape index (κ2) is 7.97. The number of hydrogen-bond acceptors (Lipinski definition) is 4. The summed E-state index contributed by atoms with van der Waals surface area (Å²) in [6.45, 7) is 8.78. The van der Waals surface area contributed by atoms with E-state index in [1.54, 1.807) is 0 Å². The van der Waals surface area contributed by atoms with E-state index in [1.807, 2.05) is 36.9 Å². The lowest BCUT2D eigenvalue weighted by molar-refractivity contribution is -0.133. The van der Waals surface area contributed by atoms with Crippen molar-refractivity contribution in [2.75, 3.05) is 45.9 Å². The minimum Gasteiger partial charge on any atom is -0.379 e. The quantitative estimate of drug-likeness (QED) is 0.864. The van der Waals surface area contributed by atoms with Crippen LogP contribution in [0, 0.1) is 13.8 Å². The van der Waals surface area contributed by atoms with Gasteiger partial charge >= 0.3 is 0 Å². The normalized spacial score (nSPS) is 21.6. The van der Waals surface area contributed by atoms with E-state index in [4.69, 9.17) is 4.74 Å². The van der Waals surface area contributed by atoms with Gasteiger partial charge in [0.2, 0.25) is 5.91 Å². The first kappa shape index (κ1) is 17.9. The average Bonchev–Trinajstić information content (AvgIpc) is 2.98. The predicted molar refractivity (Wildman–Crippen MR) is 95.6 cm³/mol. The number of nitrogens with one attached hydrogen (secondary N) is 1. The standard InChI is InChI=1S/C19H27N3O3/c1-14-3-4-15(2)16(13-14)18(23)20-6-8-22-7-5-17(19(22)24)21-9-11-25-12-10-21/h3-4,13,17H,5-12H2,1-2H3,(H,20,23). The van der Waals surface area contributed by atoms with Crippen molar-refractivity contribution >= 4 is 11.8 Å². The monoisotopic (exact) mass is 345 g/mol. The second-order valence-electron chi connectivity index (χ2n) is 6.85. The molecule has 1 N–H and O–H groups in total. The summed E-state index contributed by atoms with van der Waals surface area (Å²) in [5.74, 6) is 0.112. The van der Waals surface area contributed by atoms with Crippen molar-refractivity contribution in [2.45, 2.75) is 26.3 Å². The molecule has 6 nitrogen and oxygen atoms in total. The van der Waals surface area contributed by atoms with Gasteiger partial charge < -0.3 is 15.0 Å². The molecule has 0 saturated carbocycles. The van der Waals surface area contributed by atoms with Crippen molar-refractivity contribution in [3.05, 3.63) is 34.9 Å². The van der Waals surface area contributed by atoms with Crippen molar-refractivity contribution in [1.29, 1.82) is 0 Å². The maximum atomic E-state index is 12.6. The van der Waals surface area contributed by atoms with Crippen LogP contribution in [0.2, 0.25) is 0 Å². The summed E-state index contributed by atoms with van der Waals surface area (Å²) in [5.41, 5.74) is 2.74. The third-order valence-electron chi connectivity index (χ3n) is 5.06. The topological polar surface area (TPSA) is 61.9 Å². The maximum absolute atomic E-state index is 12.6. The Morgan fingerprint density at radius 2 is 2.00 bits per heavy atom. The van der Waals surface area contributed by atoms with E-state index in [0.717, 1.165) is 37.2 Å². The molecule has 1 aromatic carbocycles. The fraction of sp³-hybridized carbons (Fsp3) is 0.579. The molecule has 136 valence electrons. The number of morpholine rings is 1. The molecule has 25 heavy (non-hydrogen) atoms. The van der Waals surface area contributed by atoms with E-state index in [1.165, 1.54) is 0 Å². The minimum absolute atomic E-state index is 0.0152. The molecule has 1 unspecified atom stereocenters. The number of benzene rings is 1. The number of rotatable bonds is 5. The Morgan fingerprint density at radius 1 is 1.24 bits per heavy atom. The van der Waals surface area contributed by atoms with E-state index in [-0.39, 0.29) is 17.9 Å². The van der Waals surface area contributed by atoms with Crippen molar-refractivity contribution in [2.24, 2.45) is 0 Å². The highest BCUT2D eigenvalue weighted by Crippen LogP contribution is 2.18. The van der Waals surface area contributed by atoms with Crippen LogP contribution in [0.5, 0.6) is 0 Å². The van der Waals surface area contributed by atoms with E-state index >= 15 is 0 Å². The molecule has 3 rings (SSSR count). The van der Waals surface area contributed by atoms with Crippen molar-refractivity contribution < 1.29 is 14.3 Å². The molecule has 1 atom stereocenters. The van der Waals surface area contributed by atoms with Crippen molar-refractivity contribution in [1.82, 2.24) is 15.1 Å². The molecular weight excluding hydrogens is 318 g/mol. The van der Waals surface area contributed by atoms with Crippen LogP contribution in [0.3, 0.4) is 0 Å². The molecule has 0 aliphatic carbocycles. The summed E-state index contributed by atoms with van der Waals surface area (Å²) < 4.78 is 5.36. The zero-order valence-electron chi connectivity index (χ0n) is 15.1. The van der Waals surface area contributed by atoms with E-state index in [0.29, 0.717) is 31.9 Å². The smallest absolute Gasteiger partial charge is 0.251 e. The Labute approximate surface area is 149 Å². The van der Waals surface area contributed by atoms with Gasteiger partial charge in [-0.2, -0.15) is 0 Å². The molecule has 0 spiro atoms. The number of hydrogen-bond donors (Lipinski definition) is 1. The SMILES string of the molecule is Cc1ccc(C)c(C(=O)NCCN2CCC(N3CCOCC3)C2=O)c1. The van der Waals surface area contributed by atoms with Crippen molar-refractivity contribution in [3.8, 4) is 0 Å². The number of carbonyl (C=O) groups excluding carboxylic acids is 2. The number of amides is 2. The van der Waals surface area contributed by atoms with E-state index in [9.17, 15) is 9.59 Å². The van der Waals surface area contributed by atoms with Gasteiger partial charge in [0, 0.05) is 38.3 Å². The van der Waals surface area contributed by atoms with Gasteiger partial charge in [0.15, 0.2) is 0 Å². The molecule has 2 heterocycles. The maximum Gasteiger partial charge on any atom is 0.251 e. The van der Waals surface area contributed by atoms with Gasteiger partial charge in [0.1, 0.15) is 0 Å². The fourth-order valence-corrected chi connectivity index (χ4v) is 3.55. The van der Waals surface area contributed by atoms with Crippen LogP contribution in [0.4, 0.5) is 0 Å². The predicted octanol–water partition coefficient (Wildman–Crippen LogP) is 0.966. The number of likely N-dealkylation sites (tertiary alicyclic amines) is 1. The molecule has 0 radical (unpaired) electrons. The number of aryl methyl sites for hydroxylation is 2. The van der Waals surface area contributed by atoms with Gasteiger partial charge in [0.25, 0.3) is 5.91 Å². The first-order valence-electron chi connectivity index (χ1n) is 9.02. The third kappa shape index (κ3) is 4.19. The molecule has 2 aliphatic heterocycles. The molecule has 2 saturated heterocycles. The molecule has 2 aliphatic rings. The molecule has 2 fully saturated rings. The van der Waals surface area contributed by atoms with Gasteiger partial charge in [-0.1, -0.05) is 17.7 Å². The van der Waals surface area contributed by atoms with Crippen LogP contribution in [0.15, 0.2) is 18.2 Å². The summed E-state index contributed by atoms with van der Waals surface area (Å²) in [4.78, 5) is 29.0. The molecule has 6 heteroatoms. The summed E-state index contributed by atoms with van der Waals surface area (Å²) in [5, 5.41) is 2.94. The fourth-order valence-electron chi connectivity index (χ4n) is 3.55. The second-order valence-corrected chi connectivity index (χ2v) is 6.85. The van der Waals surface area contributed by atoms with Crippen molar-refractivity contribution in [3.63, 3.8) is 0 Å². The van der Waals surface area contributed by atoms with Crippen LogP contribution < -0.4 is 5.32 Å². The molecule has 0 aromatic heterocycles. The Balaban J connectivity index is 1.48. The highest BCUT2D eigenvalue weighted by molar-refractivity contribution is 5.95. The van der Waals surface area contributed by atoms with Crippen LogP contribution in [-0.4, -0.2) is 73.6 Å². The van der Waals surface area contributed by atoms with Crippen LogP contribution >= 0.6 is 0 Å². The van der Waals surface area contributed by atoms with Crippen LogP contribution in [-0.2, 0) is 9.53 Å². The zero-order chi connectivity index (χ0) is 17.8. The lowest BCUT2D eigenvalue weighted by atomic mass is 10.1. The largest absolute Gasteiger partial charge is 0.379 e. The Morgan fingerprint density at radius 3 is 2.76 bits per heavy atom. The zero-order valence-corrected chi connectivity index (χ0v) is 15.1. The van der Waals surface area contributed by atoms with Gasteiger partial charge in [0.05, 0.1) is 19.3 Å². The van der Waals surface area contributed by atoms with Crippen LogP contribution in [0.1, 0.15) is 27.9 Å². The summed E-state index contributed by atoms with van der Waals surface area (Å²) in [6.07, 6.45) is 0.865. The lowest BCUT2D eigenvalue weighted by Gasteiger charge is -2.31. The van der Waals surface area contributed by atoms with Gasteiger partial charge in [-0.25, -0.2) is 0 Å². The summed E-state index contributed by atoms with van der Waals surface area (Å²) in [7, 11) is 0. The first-order valence-corrected chi connectivity index (χ1v) is 9.02. The Kier molecular flexibility index (Phi) is 5.71. The summed E-state index contributed by atoms with van der Waals surface area (Å²) >= 11 is 0.